The summed E-state index contributed by atoms with van der Waals surface area (Å²) in [6, 6.07) is 5.12. The molecule has 2 N–H and O–H groups in total. The van der Waals surface area contributed by atoms with Gasteiger partial charge in [0.15, 0.2) is 11.6 Å². The lowest BCUT2D eigenvalue weighted by atomic mass is 9.80. The first kappa shape index (κ1) is 26.0. The second-order valence-electron chi connectivity index (χ2n) is 10.6. The summed E-state index contributed by atoms with van der Waals surface area (Å²) in [5.41, 5.74) is 1.42. The summed E-state index contributed by atoms with van der Waals surface area (Å²) >= 11 is 0. The van der Waals surface area contributed by atoms with Crippen LogP contribution in [0.5, 0.6) is 0 Å². The van der Waals surface area contributed by atoms with Crippen LogP contribution in [0.15, 0.2) is 42.7 Å². The van der Waals surface area contributed by atoms with E-state index in [2.05, 4.69) is 20.6 Å². The lowest BCUT2D eigenvalue weighted by molar-refractivity contribution is -0.139. The number of rotatable bonds is 4. The van der Waals surface area contributed by atoms with E-state index in [4.69, 9.17) is 0 Å². The Bertz CT molecular complexity index is 1580. The van der Waals surface area contributed by atoms with Gasteiger partial charge in [-0.05, 0) is 56.0 Å². The number of fused-ring (bicyclic) bond motifs is 3. The number of nitrogens with one attached hydrogen (secondary N) is 2. The van der Waals surface area contributed by atoms with E-state index in [1.165, 1.54) is 11.1 Å². The molecule has 1 spiro atoms. The number of carbonyl (C=O) groups excluding carboxylic acids is 3. The minimum absolute atomic E-state index is 0.0342. The fourth-order valence-electron chi connectivity index (χ4n) is 6.45. The van der Waals surface area contributed by atoms with Crippen molar-refractivity contribution in [3.05, 3.63) is 88.1 Å². The third-order valence-corrected chi connectivity index (χ3v) is 8.48. The molecule has 2 aliphatic heterocycles. The Morgan fingerprint density at radius 1 is 1.18 bits per heavy atom. The molecule has 3 aliphatic rings. The van der Waals surface area contributed by atoms with Gasteiger partial charge in [0, 0.05) is 54.6 Å². The largest absolute Gasteiger partial charge is 0.340 e. The van der Waals surface area contributed by atoms with Gasteiger partial charge in [0.1, 0.15) is 17.7 Å². The van der Waals surface area contributed by atoms with Gasteiger partial charge in [-0.3, -0.25) is 19.4 Å². The van der Waals surface area contributed by atoms with E-state index in [1.54, 1.807) is 32.2 Å². The van der Waals surface area contributed by atoms with Crippen molar-refractivity contribution in [2.24, 2.45) is 0 Å². The summed E-state index contributed by atoms with van der Waals surface area (Å²) < 4.78 is 42.8. The zero-order chi connectivity index (χ0) is 28.3. The quantitative estimate of drug-likeness (QED) is 0.486. The van der Waals surface area contributed by atoms with Crippen molar-refractivity contribution in [3.63, 3.8) is 0 Å². The third-order valence-electron chi connectivity index (χ3n) is 8.48. The Kier molecular flexibility index (Phi) is 6.12. The molecular weight excluding hydrogens is 523 g/mol. The molecule has 0 radical (unpaired) electrons. The molecule has 3 amide bonds. The molecule has 6 rings (SSSR count). The second kappa shape index (κ2) is 9.42. The normalized spacial score (nSPS) is 25.1. The highest BCUT2D eigenvalue weighted by molar-refractivity contribution is 6.06. The maximum Gasteiger partial charge on any atom is 0.253 e. The molecule has 1 fully saturated rings. The van der Waals surface area contributed by atoms with Crippen LogP contribution in [0.2, 0.25) is 0 Å². The Balaban J connectivity index is 1.25. The van der Waals surface area contributed by atoms with Crippen LogP contribution in [-0.2, 0) is 27.8 Å². The van der Waals surface area contributed by atoms with Gasteiger partial charge in [-0.1, -0.05) is 6.07 Å². The van der Waals surface area contributed by atoms with Crippen LogP contribution in [0, 0.1) is 17.5 Å². The van der Waals surface area contributed by atoms with Gasteiger partial charge in [-0.15, -0.1) is 0 Å². The summed E-state index contributed by atoms with van der Waals surface area (Å²) in [6.07, 6.45) is 3.69. The fourth-order valence-corrected chi connectivity index (χ4v) is 6.45. The number of likely N-dealkylation sites (N-methyl/N-ethyl adjacent to an activating group) is 1. The molecule has 40 heavy (non-hydrogen) atoms. The smallest absolute Gasteiger partial charge is 0.253 e. The maximum absolute atomic E-state index is 14.7. The molecule has 4 heterocycles. The minimum Gasteiger partial charge on any atom is -0.340 e. The van der Waals surface area contributed by atoms with E-state index in [1.807, 2.05) is 6.07 Å². The lowest BCUT2D eigenvalue weighted by Gasteiger charge is -2.42. The van der Waals surface area contributed by atoms with Crippen LogP contribution in [0.3, 0.4) is 0 Å². The lowest BCUT2D eigenvalue weighted by Crippen LogP contribution is -2.58. The van der Waals surface area contributed by atoms with Crippen molar-refractivity contribution in [2.45, 2.75) is 56.5 Å². The van der Waals surface area contributed by atoms with Gasteiger partial charge in [-0.25, -0.2) is 18.2 Å². The van der Waals surface area contributed by atoms with Gasteiger partial charge >= 0.3 is 0 Å². The number of likely N-dealkylation sites (tertiary alicyclic amines) is 1. The molecule has 1 saturated heterocycles. The molecule has 4 atom stereocenters. The molecule has 0 bridgehead atoms. The van der Waals surface area contributed by atoms with E-state index in [-0.39, 0.29) is 35.9 Å². The molecule has 0 saturated carbocycles. The number of halogens is 3. The predicted molar refractivity (Wildman–Crippen MR) is 138 cm³/mol. The van der Waals surface area contributed by atoms with Crippen LogP contribution in [-0.4, -0.2) is 51.2 Å². The van der Waals surface area contributed by atoms with E-state index in [0.29, 0.717) is 30.4 Å². The number of amides is 3. The highest BCUT2D eigenvalue weighted by Gasteiger charge is 2.51. The van der Waals surface area contributed by atoms with Crippen molar-refractivity contribution >= 4 is 23.5 Å². The number of benzene rings is 1. The van der Waals surface area contributed by atoms with E-state index >= 15 is 0 Å². The molecule has 2 aromatic heterocycles. The Morgan fingerprint density at radius 2 is 1.98 bits per heavy atom. The summed E-state index contributed by atoms with van der Waals surface area (Å²) in [6.45, 7) is 3.70. The van der Waals surface area contributed by atoms with Crippen LogP contribution in [0.4, 0.5) is 19.0 Å². The maximum atomic E-state index is 14.7. The molecule has 1 aromatic carbocycles. The molecule has 0 unspecified atom stereocenters. The van der Waals surface area contributed by atoms with Gasteiger partial charge in [0.05, 0.1) is 11.0 Å². The van der Waals surface area contributed by atoms with Crippen molar-refractivity contribution in [1.29, 1.82) is 0 Å². The Morgan fingerprint density at radius 3 is 2.75 bits per heavy atom. The minimum atomic E-state index is -1.31. The highest BCUT2D eigenvalue weighted by atomic mass is 19.2. The molecule has 11 heteroatoms. The zero-order valence-electron chi connectivity index (χ0n) is 21.8. The first-order valence-corrected chi connectivity index (χ1v) is 13.1. The third kappa shape index (κ3) is 3.94. The summed E-state index contributed by atoms with van der Waals surface area (Å²) in [7, 11) is 0. The first-order chi connectivity index (χ1) is 19.1. The van der Waals surface area contributed by atoms with Crippen LogP contribution < -0.4 is 10.6 Å². The summed E-state index contributed by atoms with van der Waals surface area (Å²) in [5.74, 6) is -4.72. The Hall–Kier alpha value is -4.28. The summed E-state index contributed by atoms with van der Waals surface area (Å²) in [4.78, 5) is 49.7. The molecule has 3 aromatic rings. The van der Waals surface area contributed by atoms with E-state index in [9.17, 15) is 27.6 Å². The van der Waals surface area contributed by atoms with E-state index in [0.717, 1.165) is 17.2 Å². The number of anilines is 1. The Labute approximate surface area is 228 Å². The van der Waals surface area contributed by atoms with Crippen LogP contribution >= 0.6 is 0 Å². The zero-order valence-corrected chi connectivity index (χ0v) is 21.8. The first-order valence-electron chi connectivity index (χ1n) is 13.1. The van der Waals surface area contributed by atoms with Crippen LogP contribution in [0.25, 0.3) is 0 Å². The van der Waals surface area contributed by atoms with E-state index < -0.39 is 46.8 Å². The van der Waals surface area contributed by atoms with Gasteiger partial charge in [0.2, 0.25) is 11.8 Å². The highest BCUT2D eigenvalue weighted by Crippen LogP contribution is 2.46. The standard InChI is InChI=1S/C29H26F3N5O3/c1-3-37-14(2)18(19-8-17(30)9-21(31)24(19)32)10-22(27(37)39)35-26(38)16-7-15-11-29(12-23(15)34-13-16)20-5-4-6-33-25(20)36-28(29)40/h4-9,13-14,18,22H,3,10-12H2,1-2H3,(H,35,38)(H,33,36,40)/t14-,18-,22+,29+/m1/s1. The van der Waals surface area contributed by atoms with Crippen molar-refractivity contribution in [3.8, 4) is 0 Å². The van der Waals surface area contributed by atoms with Crippen molar-refractivity contribution in [1.82, 2.24) is 20.2 Å². The van der Waals surface area contributed by atoms with Gasteiger partial charge in [-0.2, -0.15) is 0 Å². The number of pyridine rings is 2. The topological polar surface area (TPSA) is 104 Å². The second-order valence-corrected chi connectivity index (χ2v) is 10.6. The SMILES string of the molecule is CCN1C(=O)[C@@H](NC(=O)c2cnc3c(c2)C[C@@]2(C3)C(=O)Nc3ncccc32)C[C@@H](c2cc(F)cc(F)c2F)[C@H]1C. The molecular formula is C29H26F3N5O3. The van der Waals surface area contributed by atoms with Gasteiger partial charge < -0.3 is 15.5 Å². The summed E-state index contributed by atoms with van der Waals surface area (Å²) in [5, 5.41) is 5.56. The average Bonchev–Trinajstić information content (AvgIpc) is 3.45. The molecule has 1 aliphatic carbocycles. The molecule has 8 nitrogen and oxygen atoms in total. The number of piperidine rings is 1. The average molecular weight is 550 g/mol. The molecule has 206 valence electrons. The van der Waals surface area contributed by atoms with Crippen molar-refractivity contribution < 1.29 is 27.6 Å². The fraction of sp³-hybridized carbons (Fsp3) is 0.345. The predicted octanol–water partition coefficient (Wildman–Crippen LogP) is 3.41. The number of aromatic nitrogens is 2. The van der Waals surface area contributed by atoms with Crippen LogP contribution in [0.1, 0.15) is 58.9 Å². The number of hydrogen-bond acceptors (Lipinski definition) is 5. The number of hydrogen-bond donors (Lipinski definition) is 2. The number of nitrogens with zero attached hydrogens (tertiary/aromatic N) is 3. The number of carbonyl (C=O) groups is 3. The monoisotopic (exact) mass is 549 g/mol. The van der Waals surface area contributed by atoms with Crippen molar-refractivity contribution in [2.75, 3.05) is 11.9 Å². The van der Waals surface area contributed by atoms with Gasteiger partial charge in [0.25, 0.3) is 5.91 Å².